The van der Waals surface area contributed by atoms with E-state index < -0.39 is 0 Å². The monoisotopic (exact) mass is 334 g/mol. The molecule has 1 aromatic carbocycles. The summed E-state index contributed by atoms with van der Waals surface area (Å²) in [4.78, 5) is 20.2. The molecule has 0 saturated heterocycles. The first-order valence-corrected chi connectivity index (χ1v) is 7.98. The largest absolute Gasteiger partial charge is 0.351 e. The molecule has 0 bridgehead atoms. The second-order valence-corrected chi connectivity index (χ2v) is 6.23. The predicted molar refractivity (Wildman–Crippen MR) is 102 cm³/mol. The number of carbonyl (C=O) groups is 1. The molecule has 5 heteroatoms. The molecule has 4 aromatic rings. The van der Waals surface area contributed by atoms with E-state index in [-0.39, 0.29) is 13.3 Å². The minimum absolute atomic E-state index is 0. The lowest BCUT2D eigenvalue weighted by molar-refractivity contribution is 0.102. The van der Waals surface area contributed by atoms with Crippen LogP contribution in [0.5, 0.6) is 0 Å². The molecule has 128 valence electrons. The fourth-order valence-corrected chi connectivity index (χ4v) is 2.76. The Morgan fingerprint density at radius 3 is 2.72 bits per heavy atom. The van der Waals surface area contributed by atoms with E-state index in [0.717, 1.165) is 27.9 Å². The number of aromatic nitrogens is 3. The summed E-state index contributed by atoms with van der Waals surface area (Å²) in [6.45, 7) is 4.22. The van der Waals surface area contributed by atoms with Gasteiger partial charge in [0.15, 0.2) is 0 Å². The molecule has 0 saturated carbocycles. The van der Waals surface area contributed by atoms with Crippen molar-refractivity contribution in [2.45, 2.75) is 27.2 Å². The van der Waals surface area contributed by atoms with Crippen molar-refractivity contribution < 1.29 is 4.79 Å². The summed E-state index contributed by atoms with van der Waals surface area (Å²) in [6, 6.07) is 13.5. The molecule has 1 amide bonds. The lowest BCUT2D eigenvalue weighted by Crippen LogP contribution is -2.12. The summed E-state index contributed by atoms with van der Waals surface area (Å²) in [5.74, 6) is 0.212. The quantitative estimate of drug-likeness (QED) is 0.564. The lowest BCUT2D eigenvalue weighted by Gasteiger charge is -2.04. The molecule has 5 nitrogen and oxygen atoms in total. The van der Waals surface area contributed by atoms with Gasteiger partial charge in [0.05, 0.1) is 11.4 Å². The van der Waals surface area contributed by atoms with Gasteiger partial charge in [0.25, 0.3) is 5.91 Å². The number of rotatable bonds is 3. The van der Waals surface area contributed by atoms with Crippen molar-refractivity contribution in [3.8, 4) is 0 Å². The molecule has 3 aromatic heterocycles. The third-order valence-electron chi connectivity index (χ3n) is 4.09. The Kier molecular flexibility index (Phi) is 4.31. The number of carbonyl (C=O) groups excluding carboxylic acids is 1. The zero-order valence-electron chi connectivity index (χ0n) is 13.6. The summed E-state index contributed by atoms with van der Waals surface area (Å²) in [7, 11) is 0. The van der Waals surface area contributed by atoms with Gasteiger partial charge in [-0.25, -0.2) is 4.98 Å². The van der Waals surface area contributed by atoms with Crippen LogP contribution >= 0.6 is 0 Å². The van der Waals surface area contributed by atoms with Crippen LogP contribution in [-0.2, 0) is 0 Å². The number of nitrogens with one attached hydrogen (secondary N) is 2. The van der Waals surface area contributed by atoms with Gasteiger partial charge < -0.3 is 14.7 Å². The van der Waals surface area contributed by atoms with E-state index in [1.54, 1.807) is 0 Å². The zero-order chi connectivity index (χ0) is 16.7. The molecule has 0 aliphatic rings. The molecular weight excluding hydrogens is 312 g/mol. The summed E-state index contributed by atoms with van der Waals surface area (Å²) in [5.41, 5.74) is 4.15. The molecule has 3 heterocycles. The predicted octanol–water partition coefficient (Wildman–Crippen LogP) is 4.83. The van der Waals surface area contributed by atoms with Crippen molar-refractivity contribution in [1.82, 2.24) is 14.4 Å². The number of fused-ring (bicyclic) bond motifs is 2. The summed E-state index contributed by atoms with van der Waals surface area (Å²) >= 11 is 0. The maximum absolute atomic E-state index is 12.5. The first-order chi connectivity index (χ1) is 11.6. The Bertz CT molecular complexity index is 1010. The van der Waals surface area contributed by atoms with Crippen molar-refractivity contribution in [2.24, 2.45) is 0 Å². The number of aromatic amines is 1. The van der Waals surface area contributed by atoms with Crippen LogP contribution in [0, 0.1) is 0 Å². The maximum atomic E-state index is 12.5. The van der Waals surface area contributed by atoms with E-state index in [9.17, 15) is 4.79 Å². The van der Waals surface area contributed by atoms with Gasteiger partial charge in [0.2, 0.25) is 0 Å². The first kappa shape index (κ1) is 16.8. The topological polar surface area (TPSA) is 62.2 Å². The summed E-state index contributed by atoms with van der Waals surface area (Å²) < 4.78 is 1.94. The normalized spacial score (nSPS) is 11.0. The lowest BCUT2D eigenvalue weighted by atomic mass is 10.2. The molecule has 25 heavy (non-hydrogen) atoms. The second kappa shape index (κ2) is 6.43. The van der Waals surface area contributed by atoms with Crippen LogP contribution < -0.4 is 5.32 Å². The molecule has 0 aliphatic heterocycles. The SMILES string of the molecule is C.CC(C)c1cn2cc(NC(=O)c3cc4ccccc4[nH]3)ccc2n1. The summed E-state index contributed by atoms with van der Waals surface area (Å²) in [6.07, 6.45) is 3.88. The molecule has 0 atom stereocenters. The number of hydrogen-bond donors (Lipinski definition) is 2. The second-order valence-electron chi connectivity index (χ2n) is 6.23. The Morgan fingerprint density at radius 1 is 1.16 bits per heavy atom. The maximum Gasteiger partial charge on any atom is 0.272 e. The number of amides is 1. The molecule has 0 spiro atoms. The van der Waals surface area contributed by atoms with E-state index in [2.05, 4.69) is 29.1 Å². The average Bonchev–Trinajstić information content (AvgIpc) is 3.18. The van der Waals surface area contributed by atoms with E-state index in [0.29, 0.717) is 11.6 Å². The van der Waals surface area contributed by atoms with Crippen LogP contribution in [-0.4, -0.2) is 20.3 Å². The summed E-state index contributed by atoms with van der Waals surface area (Å²) in [5, 5.41) is 3.95. The van der Waals surface area contributed by atoms with Crippen molar-refractivity contribution in [3.05, 3.63) is 66.2 Å². The number of nitrogens with zero attached hydrogens (tertiary/aromatic N) is 2. The van der Waals surface area contributed by atoms with Crippen molar-refractivity contribution in [3.63, 3.8) is 0 Å². The van der Waals surface area contributed by atoms with E-state index in [4.69, 9.17) is 0 Å². The number of benzene rings is 1. The number of H-pyrrole nitrogens is 1. The Hall–Kier alpha value is -3.08. The van der Waals surface area contributed by atoms with Crippen molar-refractivity contribution in [1.29, 1.82) is 0 Å². The number of pyridine rings is 1. The third-order valence-corrected chi connectivity index (χ3v) is 4.09. The van der Waals surface area contributed by atoms with Gasteiger partial charge >= 0.3 is 0 Å². The molecule has 4 rings (SSSR count). The Balaban J connectivity index is 0.00000182. The Morgan fingerprint density at radius 2 is 1.96 bits per heavy atom. The smallest absolute Gasteiger partial charge is 0.272 e. The van der Waals surface area contributed by atoms with E-state index in [1.807, 2.05) is 59.3 Å². The van der Waals surface area contributed by atoms with Crippen LogP contribution in [0.2, 0.25) is 0 Å². The first-order valence-electron chi connectivity index (χ1n) is 7.98. The fraction of sp³-hybridized carbons (Fsp3) is 0.200. The molecule has 0 aliphatic carbocycles. The highest BCUT2D eigenvalue weighted by Crippen LogP contribution is 2.19. The highest BCUT2D eigenvalue weighted by atomic mass is 16.1. The van der Waals surface area contributed by atoms with Crippen LogP contribution in [0.3, 0.4) is 0 Å². The van der Waals surface area contributed by atoms with E-state index >= 15 is 0 Å². The van der Waals surface area contributed by atoms with Crippen LogP contribution in [0.1, 0.15) is 43.4 Å². The number of hydrogen-bond acceptors (Lipinski definition) is 2. The molecule has 0 unspecified atom stereocenters. The number of para-hydroxylation sites is 1. The molecule has 0 radical (unpaired) electrons. The standard InChI is InChI=1S/C19H18N4O.CH4/c1-12(2)17-11-23-10-14(7-8-18(23)22-17)20-19(24)16-9-13-5-3-4-6-15(13)21-16;/h3-12,21H,1-2H3,(H,20,24);1H4. The molecule has 0 fully saturated rings. The van der Waals surface area contributed by atoms with Gasteiger partial charge in [0, 0.05) is 23.3 Å². The van der Waals surface area contributed by atoms with Crippen molar-refractivity contribution >= 4 is 28.1 Å². The van der Waals surface area contributed by atoms with Crippen LogP contribution in [0.25, 0.3) is 16.6 Å². The third kappa shape index (κ3) is 3.13. The highest BCUT2D eigenvalue weighted by Gasteiger charge is 2.11. The van der Waals surface area contributed by atoms with Crippen LogP contribution in [0.4, 0.5) is 5.69 Å². The average molecular weight is 334 g/mol. The van der Waals surface area contributed by atoms with Gasteiger partial charge in [-0.2, -0.15) is 0 Å². The number of anilines is 1. The fourth-order valence-electron chi connectivity index (χ4n) is 2.76. The Labute approximate surface area is 146 Å². The van der Waals surface area contributed by atoms with Crippen molar-refractivity contribution in [2.75, 3.05) is 5.32 Å². The molecular formula is C20H22N4O. The number of imidazole rings is 1. The van der Waals surface area contributed by atoms with Gasteiger partial charge in [-0.15, -0.1) is 0 Å². The van der Waals surface area contributed by atoms with Gasteiger partial charge in [0.1, 0.15) is 11.3 Å². The van der Waals surface area contributed by atoms with Crippen LogP contribution in [0.15, 0.2) is 54.9 Å². The minimum Gasteiger partial charge on any atom is -0.351 e. The van der Waals surface area contributed by atoms with Gasteiger partial charge in [-0.3, -0.25) is 4.79 Å². The van der Waals surface area contributed by atoms with Gasteiger partial charge in [-0.1, -0.05) is 39.5 Å². The minimum atomic E-state index is -0.158. The zero-order valence-corrected chi connectivity index (χ0v) is 13.6. The highest BCUT2D eigenvalue weighted by molar-refractivity contribution is 6.05. The molecule has 2 N–H and O–H groups in total. The van der Waals surface area contributed by atoms with E-state index in [1.165, 1.54) is 0 Å². The van der Waals surface area contributed by atoms with Gasteiger partial charge in [-0.05, 0) is 30.2 Å².